The minimum absolute atomic E-state index is 0.0650. The maximum Gasteiger partial charge on any atom is 0.350 e. The molecule has 0 saturated carbocycles. The number of anilines is 1. The van der Waals surface area contributed by atoms with Crippen molar-refractivity contribution in [3.63, 3.8) is 0 Å². The minimum atomic E-state index is -4.39. The SMILES string of the molecule is CN(Cc1ccccc1Cl)c1nc(Cl)nc2c1cnn2[C@@H]1O[C@H](COCP(=O)(O)O)[C@@H](O)[C@H]1O. The van der Waals surface area contributed by atoms with Gasteiger partial charge in [-0.15, -0.1) is 0 Å². The van der Waals surface area contributed by atoms with Gasteiger partial charge in [0.2, 0.25) is 5.28 Å². The van der Waals surface area contributed by atoms with Crippen LogP contribution in [-0.4, -0.2) is 78.1 Å². The third-order valence-electron chi connectivity index (χ3n) is 5.25. The molecule has 1 fully saturated rings. The Kier molecular flexibility index (Phi) is 7.44. The summed E-state index contributed by atoms with van der Waals surface area (Å²) in [5, 5.41) is 26.2. The Morgan fingerprint density at radius 2 is 1.94 bits per heavy atom. The molecule has 0 aliphatic carbocycles. The Hall–Kier alpha value is -1.86. The van der Waals surface area contributed by atoms with Crippen molar-refractivity contribution in [2.24, 2.45) is 0 Å². The summed E-state index contributed by atoms with van der Waals surface area (Å²) in [6.45, 7) is 0.0775. The van der Waals surface area contributed by atoms with Crippen LogP contribution in [0.4, 0.5) is 5.82 Å². The number of ether oxygens (including phenoxy) is 2. The molecule has 0 unspecified atom stereocenters. The number of hydrogen-bond acceptors (Lipinski definition) is 9. The lowest BCUT2D eigenvalue weighted by molar-refractivity contribution is -0.0658. The van der Waals surface area contributed by atoms with Gasteiger partial charge >= 0.3 is 7.60 Å². The van der Waals surface area contributed by atoms with Gasteiger partial charge in [-0.25, -0.2) is 4.68 Å². The van der Waals surface area contributed by atoms with Crippen molar-refractivity contribution < 1.29 is 34.0 Å². The van der Waals surface area contributed by atoms with Crippen LogP contribution < -0.4 is 4.90 Å². The lowest BCUT2D eigenvalue weighted by Crippen LogP contribution is -2.34. The number of benzene rings is 1. The molecule has 4 rings (SSSR count). The van der Waals surface area contributed by atoms with Gasteiger partial charge in [-0.2, -0.15) is 15.1 Å². The first-order chi connectivity index (χ1) is 16.0. The van der Waals surface area contributed by atoms with E-state index in [1.54, 1.807) is 13.1 Å². The maximum atomic E-state index is 11.0. The number of aromatic nitrogens is 4. The molecule has 184 valence electrons. The number of fused-ring (bicyclic) bond motifs is 1. The molecule has 1 aliphatic rings. The second-order valence-electron chi connectivity index (χ2n) is 7.80. The van der Waals surface area contributed by atoms with Gasteiger partial charge in [-0.3, -0.25) is 4.57 Å². The molecule has 3 aromatic rings. The van der Waals surface area contributed by atoms with E-state index in [4.69, 9.17) is 42.5 Å². The lowest BCUT2D eigenvalue weighted by Gasteiger charge is -2.20. The van der Waals surface area contributed by atoms with E-state index in [0.29, 0.717) is 22.8 Å². The highest BCUT2D eigenvalue weighted by Gasteiger charge is 2.45. The zero-order valence-electron chi connectivity index (χ0n) is 17.8. The van der Waals surface area contributed by atoms with Gasteiger partial charge in [0.05, 0.1) is 18.2 Å². The van der Waals surface area contributed by atoms with Crippen molar-refractivity contribution in [1.82, 2.24) is 19.7 Å². The summed E-state index contributed by atoms with van der Waals surface area (Å²) in [6.07, 6.45) is -4.35. The van der Waals surface area contributed by atoms with Crippen molar-refractivity contribution in [2.45, 2.75) is 31.1 Å². The highest BCUT2D eigenvalue weighted by atomic mass is 35.5. The van der Waals surface area contributed by atoms with Crippen molar-refractivity contribution in [1.29, 1.82) is 0 Å². The van der Waals surface area contributed by atoms with Crippen LogP contribution in [0, 0.1) is 0 Å². The van der Waals surface area contributed by atoms with Crippen molar-refractivity contribution in [3.8, 4) is 0 Å². The van der Waals surface area contributed by atoms with Crippen LogP contribution in [0.2, 0.25) is 10.3 Å². The maximum absolute atomic E-state index is 11.0. The number of aliphatic hydroxyl groups excluding tert-OH is 2. The molecular weight excluding hydrogens is 512 g/mol. The lowest BCUT2D eigenvalue weighted by atomic mass is 10.1. The van der Waals surface area contributed by atoms with E-state index < -0.39 is 38.5 Å². The fourth-order valence-corrected chi connectivity index (χ4v) is 4.37. The number of halogens is 2. The Morgan fingerprint density at radius 1 is 1.21 bits per heavy atom. The van der Waals surface area contributed by atoms with E-state index >= 15 is 0 Å². The van der Waals surface area contributed by atoms with Gasteiger partial charge < -0.3 is 34.4 Å². The first-order valence-corrected chi connectivity index (χ1v) is 12.6. The molecule has 12 nitrogen and oxygen atoms in total. The van der Waals surface area contributed by atoms with Crippen LogP contribution in [-0.2, 0) is 20.6 Å². The topological polar surface area (TPSA) is 163 Å². The van der Waals surface area contributed by atoms with Crippen LogP contribution in [0.15, 0.2) is 30.5 Å². The zero-order valence-corrected chi connectivity index (χ0v) is 20.2. The van der Waals surface area contributed by atoms with Crippen LogP contribution in [0.1, 0.15) is 11.8 Å². The van der Waals surface area contributed by atoms with E-state index in [9.17, 15) is 14.8 Å². The summed E-state index contributed by atoms with van der Waals surface area (Å²) in [7, 11) is -2.58. The summed E-state index contributed by atoms with van der Waals surface area (Å²) < 4.78 is 22.9. The Labute approximate surface area is 203 Å². The molecule has 0 radical (unpaired) electrons. The fourth-order valence-electron chi connectivity index (χ4n) is 3.68. The summed E-state index contributed by atoms with van der Waals surface area (Å²) in [6, 6.07) is 7.39. The van der Waals surface area contributed by atoms with Gasteiger partial charge in [0.1, 0.15) is 30.5 Å². The number of hydrogen-bond donors (Lipinski definition) is 4. The fraction of sp³-hybridized carbons (Fsp3) is 0.421. The van der Waals surface area contributed by atoms with Gasteiger partial charge in [0.15, 0.2) is 11.9 Å². The molecule has 1 aromatic carbocycles. The van der Waals surface area contributed by atoms with E-state index in [-0.39, 0.29) is 17.5 Å². The Balaban J connectivity index is 1.59. The van der Waals surface area contributed by atoms with E-state index in [0.717, 1.165) is 5.56 Å². The monoisotopic (exact) mass is 533 g/mol. The van der Waals surface area contributed by atoms with Gasteiger partial charge in [0.25, 0.3) is 0 Å². The predicted molar refractivity (Wildman–Crippen MR) is 123 cm³/mol. The Bertz CT molecular complexity index is 1220. The van der Waals surface area contributed by atoms with Gasteiger partial charge in [-0.05, 0) is 23.2 Å². The molecule has 4 N–H and O–H groups in total. The molecule has 1 saturated heterocycles. The minimum Gasteiger partial charge on any atom is -0.387 e. The molecule has 0 spiro atoms. The largest absolute Gasteiger partial charge is 0.387 e. The van der Waals surface area contributed by atoms with Gasteiger partial charge in [0, 0.05) is 18.6 Å². The van der Waals surface area contributed by atoms with Crippen LogP contribution in [0.5, 0.6) is 0 Å². The number of aliphatic hydroxyl groups is 2. The van der Waals surface area contributed by atoms with E-state index in [1.807, 2.05) is 23.1 Å². The number of nitrogens with zero attached hydrogens (tertiary/aromatic N) is 5. The summed E-state index contributed by atoms with van der Waals surface area (Å²) in [5.41, 5.74) is 1.13. The molecule has 3 heterocycles. The quantitative estimate of drug-likeness (QED) is 0.245. The normalized spacial score (nSPS) is 23.0. The van der Waals surface area contributed by atoms with Gasteiger partial charge in [-0.1, -0.05) is 29.8 Å². The third-order valence-corrected chi connectivity index (χ3v) is 6.31. The first-order valence-electron chi connectivity index (χ1n) is 10.0. The molecule has 2 aromatic heterocycles. The molecular formula is C19H22Cl2N5O7P. The predicted octanol–water partition coefficient (Wildman–Crippen LogP) is 1.54. The molecule has 0 bridgehead atoms. The molecule has 34 heavy (non-hydrogen) atoms. The second kappa shape index (κ2) is 10.0. The van der Waals surface area contributed by atoms with Crippen molar-refractivity contribution in [2.75, 3.05) is 24.9 Å². The van der Waals surface area contributed by atoms with Crippen LogP contribution >= 0.6 is 30.8 Å². The molecule has 4 atom stereocenters. The average molecular weight is 534 g/mol. The highest BCUT2D eigenvalue weighted by Crippen LogP contribution is 2.36. The van der Waals surface area contributed by atoms with Crippen molar-refractivity contribution >= 4 is 47.6 Å². The van der Waals surface area contributed by atoms with E-state index in [2.05, 4.69) is 15.1 Å². The second-order valence-corrected chi connectivity index (χ2v) is 10.1. The summed E-state index contributed by atoms with van der Waals surface area (Å²) >= 11 is 12.5. The Morgan fingerprint density at radius 3 is 2.65 bits per heavy atom. The van der Waals surface area contributed by atoms with E-state index in [1.165, 1.54) is 10.9 Å². The molecule has 1 aliphatic heterocycles. The zero-order chi connectivity index (χ0) is 24.6. The smallest absolute Gasteiger partial charge is 0.350 e. The molecule has 15 heteroatoms. The van der Waals surface area contributed by atoms with Crippen LogP contribution in [0.3, 0.4) is 0 Å². The molecule has 0 amide bonds. The first kappa shape index (κ1) is 25.2. The number of rotatable bonds is 8. The summed E-state index contributed by atoms with van der Waals surface area (Å²) in [5.74, 6) is 0.468. The standard InChI is InChI=1S/C19H22Cl2N5O7P/c1-25(7-10-4-2-3-5-12(10)20)16-11-6-22-26(17(11)24-19(21)23-16)18-15(28)14(27)13(33-18)8-32-9-34(29,30)31/h2-6,13-15,18,27-28H,7-9H2,1H3,(H2,29,30,31)/t13-,14-,15-,18-/m1/s1. The highest BCUT2D eigenvalue weighted by molar-refractivity contribution is 7.51. The van der Waals surface area contributed by atoms with Crippen molar-refractivity contribution in [3.05, 3.63) is 46.3 Å². The third kappa shape index (κ3) is 5.35. The van der Waals surface area contributed by atoms with Crippen LogP contribution in [0.25, 0.3) is 11.0 Å². The summed E-state index contributed by atoms with van der Waals surface area (Å²) in [4.78, 5) is 28.2. The average Bonchev–Trinajstić information content (AvgIpc) is 3.30.